The molecule has 0 fully saturated rings. The molecule has 3 aromatic rings. The zero-order valence-corrected chi connectivity index (χ0v) is 12.9. The van der Waals surface area contributed by atoms with Crippen molar-refractivity contribution in [3.63, 3.8) is 0 Å². The van der Waals surface area contributed by atoms with Gasteiger partial charge >= 0.3 is 0 Å². The van der Waals surface area contributed by atoms with E-state index in [0.29, 0.717) is 0 Å². The second-order valence-corrected chi connectivity index (χ2v) is 7.01. The van der Waals surface area contributed by atoms with Crippen LogP contribution in [0.2, 0.25) is 0 Å². The molecule has 0 bridgehead atoms. The maximum absolute atomic E-state index is 13.0. The molecule has 0 saturated heterocycles. The largest absolute Gasteiger partial charge is 0.238 e. The number of nitrogens with two attached hydrogens (primary N) is 1. The van der Waals surface area contributed by atoms with Gasteiger partial charge in [0.15, 0.2) is 0 Å². The van der Waals surface area contributed by atoms with Gasteiger partial charge in [-0.15, -0.1) is 0 Å². The molecule has 2 N–H and O–H groups in total. The number of rotatable bonds is 3. The minimum atomic E-state index is -3.71. The van der Waals surface area contributed by atoms with Crippen molar-refractivity contribution in [2.75, 3.05) is 0 Å². The SMILES string of the molecule is NS(=O)(=O)c1ccc(-c2cnsc2-c2ccc(F)cc2)cc1. The van der Waals surface area contributed by atoms with Gasteiger partial charge in [-0.1, -0.05) is 24.3 Å². The van der Waals surface area contributed by atoms with Crippen molar-refractivity contribution in [2.45, 2.75) is 4.90 Å². The summed E-state index contributed by atoms with van der Waals surface area (Å²) in [5.41, 5.74) is 2.53. The lowest BCUT2D eigenvalue weighted by Crippen LogP contribution is -2.11. The maximum atomic E-state index is 13.0. The smallest absolute Gasteiger partial charge is 0.225 e. The van der Waals surface area contributed by atoms with Crippen molar-refractivity contribution < 1.29 is 12.8 Å². The molecule has 112 valence electrons. The Labute approximate surface area is 131 Å². The van der Waals surface area contributed by atoms with Crippen molar-refractivity contribution in [2.24, 2.45) is 5.14 Å². The minimum absolute atomic E-state index is 0.0581. The quantitative estimate of drug-likeness (QED) is 0.799. The number of sulfonamides is 1. The summed E-state index contributed by atoms with van der Waals surface area (Å²) < 4.78 is 39.8. The molecule has 0 unspecified atom stereocenters. The summed E-state index contributed by atoms with van der Waals surface area (Å²) >= 11 is 1.30. The highest BCUT2D eigenvalue weighted by molar-refractivity contribution is 7.89. The van der Waals surface area contributed by atoms with Crippen molar-refractivity contribution >= 4 is 21.6 Å². The van der Waals surface area contributed by atoms with Crippen LogP contribution >= 0.6 is 11.5 Å². The number of hydrogen-bond acceptors (Lipinski definition) is 4. The fraction of sp³-hybridized carbons (Fsp3) is 0. The molecule has 2 aromatic carbocycles. The van der Waals surface area contributed by atoms with Gasteiger partial charge in [-0.05, 0) is 46.9 Å². The lowest BCUT2D eigenvalue weighted by Gasteiger charge is -2.04. The van der Waals surface area contributed by atoms with Crippen LogP contribution in [0.5, 0.6) is 0 Å². The molecule has 4 nitrogen and oxygen atoms in total. The molecule has 0 atom stereocenters. The van der Waals surface area contributed by atoms with Crippen molar-refractivity contribution in [3.05, 3.63) is 60.5 Å². The van der Waals surface area contributed by atoms with E-state index in [0.717, 1.165) is 21.6 Å². The molecule has 7 heteroatoms. The van der Waals surface area contributed by atoms with Crippen LogP contribution in [0.25, 0.3) is 21.6 Å². The Morgan fingerprint density at radius 2 is 1.55 bits per heavy atom. The second-order valence-electron chi connectivity index (χ2n) is 4.64. The summed E-state index contributed by atoms with van der Waals surface area (Å²) in [5.74, 6) is -0.299. The summed E-state index contributed by atoms with van der Waals surface area (Å²) in [4.78, 5) is 0.950. The first-order valence-corrected chi connectivity index (χ1v) is 8.61. The Morgan fingerprint density at radius 1 is 0.955 bits per heavy atom. The van der Waals surface area contributed by atoms with E-state index in [2.05, 4.69) is 4.37 Å². The molecule has 0 radical (unpaired) electrons. The third kappa shape index (κ3) is 2.92. The Balaban J connectivity index is 2.03. The first-order chi connectivity index (χ1) is 10.4. The Morgan fingerprint density at radius 3 is 2.14 bits per heavy atom. The van der Waals surface area contributed by atoms with E-state index in [4.69, 9.17) is 5.14 Å². The monoisotopic (exact) mass is 334 g/mol. The highest BCUT2D eigenvalue weighted by atomic mass is 32.2. The van der Waals surface area contributed by atoms with E-state index in [9.17, 15) is 12.8 Å². The first kappa shape index (κ1) is 14.8. The van der Waals surface area contributed by atoms with Crippen LogP contribution in [0.3, 0.4) is 0 Å². The summed E-state index contributed by atoms with van der Waals surface area (Å²) in [6, 6.07) is 12.4. The summed E-state index contributed by atoms with van der Waals surface area (Å²) in [6.07, 6.45) is 1.70. The Bertz CT molecular complexity index is 901. The Hall–Kier alpha value is -2.09. The van der Waals surface area contributed by atoms with Crippen LogP contribution in [-0.2, 0) is 10.0 Å². The van der Waals surface area contributed by atoms with Crippen LogP contribution in [0.15, 0.2) is 59.6 Å². The lowest BCUT2D eigenvalue weighted by molar-refractivity contribution is 0.598. The highest BCUT2D eigenvalue weighted by Crippen LogP contribution is 2.35. The van der Waals surface area contributed by atoms with Gasteiger partial charge in [-0.3, -0.25) is 0 Å². The summed E-state index contributed by atoms with van der Waals surface area (Å²) in [5, 5.41) is 5.09. The number of benzene rings is 2. The number of hydrogen-bond donors (Lipinski definition) is 1. The third-order valence-electron chi connectivity index (χ3n) is 3.17. The van der Waals surface area contributed by atoms with Crippen LogP contribution in [0, 0.1) is 5.82 Å². The van der Waals surface area contributed by atoms with E-state index < -0.39 is 10.0 Å². The van der Waals surface area contributed by atoms with E-state index >= 15 is 0 Å². The van der Waals surface area contributed by atoms with Gasteiger partial charge in [0.25, 0.3) is 0 Å². The lowest BCUT2D eigenvalue weighted by atomic mass is 10.0. The fourth-order valence-corrected chi connectivity index (χ4v) is 3.37. The molecule has 0 aliphatic carbocycles. The zero-order chi connectivity index (χ0) is 15.7. The van der Waals surface area contributed by atoms with Gasteiger partial charge in [0.05, 0.1) is 9.77 Å². The predicted octanol–water partition coefficient (Wildman–Crippen LogP) is 3.26. The maximum Gasteiger partial charge on any atom is 0.238 e. The minimum Gasteiger partial charge on any atom is -0.225 e. The Kier molecular flexibility index (Phi) is 3.78. The normalized spacial score (nSPS) is 11.5. The van der Waals surface area contributed by atoms with E-state index in [1.54, 1.807) is 30.5 Å². The topological polar surface area (TPSA) is 73.1 Å². The van der Waals surface area contributed by atoms with E-state index in [-0.39, 0.29) is 10.7 Å². The fourth-order valence-electron chi connectivity index (χ4n) is 2.08. The molecular weight excluding hydrogens is 323 g/mol. The number of aromatic nitrogens is 1. The van der Waals surface area contributed by atoms with E-state index in [1.807, 2.05) is 0 Å². The van der Waals surface area contributed by atoms with Gasteiger partial charge in [0, 0.05) is 11.8 Å². The van der Waals surface area contributed by atoms with E-state index in [1.165, 1.54) is 35.8 Å². The van der Waals surface area contributed by atoms with Gasteiger partial charge in [-0.25, -0.2) is 17.9 Å². The predicted molar refractivity (Wildman–Crippen MR) is 84.3 cm³/mol. The highest BCUT2D eigenvalue weighted by Gasteiger charge is 2.12. The molecule has 22 heavy (non-hydrogen) atoms. The van der Waals surface area contributed by atoms with Crippen LogP contribution < -0.4 is 5.14 Å². The number of nitrogens with zero attached hydrogens (tertiary/aromatic N) is 1. The van der Waals surface area contributed by atoms with Crippen molar-refractivity contribution in [1.82, 2.24) is 4.37 Å². The number of primary sulfonamides is 1. The van der Waals surface area contributed by atoms with Crippen LogP contribution in [0.4, 0.5) is 4.39 Å². The van der Waals surface area contributed by atoms with Crippen molar-refractivity contribution in [1.29, 1.82) is 0 Å². The molecule has 0 spiro atoms. The van der Waals surface area contributed by atoms with Crippen LogP contribution in [-0.4, -0.2) is 12.8 Å². The zero-order valence-electron chi connectivity index (χ0n) is 11.2. The molecule has 0 aliphatic heterocycles. The van der Waals surface area contributed by atoms with Crippen molar-refractivity contribution in [3.8, 4) is 21.6 Å². The van der Waals surface area contributed by atoms with Gasteiger partial charge in [-0.2, -0.15) is 4.37 Å². The average molecular weight is 334 g/mol. The first-order valence-electron chi connectivity index (χ1n) is 6.29. The van der Waals surface area contributed by atoms with Gasteiger partial charge in [0.1, 0.15) is 5.82 Å². The van der Waals surface area contributed by atoms with Gasteiger partial charge < -0.3 is 0 Å². The molecule has 0 aliphatic rings. The van der Waals surface area contributed by atoms with Crippen LogP contribution in [0.1, 0.15) is 0 Å². The standard InChI is InChI=1S/C15H11FN2O2S2/c16-12-5-1-11(2-6-12)15-14(9-18-21-15)10-3-7-13(8-4-10)22(17,19)20/h1-9H,(H2,17,19,20). The third-order valence-corrected chi connectivity index (χ3v) is 4.95. The summed E-state index contributed by atoms with van der Waals surface area (Å²) in [6.45, 7) is 0. The van der Waals surface area contributed by atoms with Gasteiger partial charge in [0.2, 0.25) is 10.0 Å². The molecular formula is C15H11FN2O2S2. The summed E-state index contributed by atoms with van der Waals surface area (Å²) in [7, 11) is -3.71. The number of halogens is 1. The molecule has 3 rings (SSSR count). The molecule has 0 amide bonds. The molecule has 1 aromatic heterocycles. The molecule has 1 heterocycles. The molecule has 0 saturated carbocycles. The second kappa shape index (κ2) is 5.60. The average Bonchev–Trinajstić information content (AvgIpc) is 2.97.